The van der Waals surface area contributed by atoms with E-state index < -0.39 is 10.0 Å². The molecule has 3 rings (SSSR count). The minimum Gasteiger partial charge on any atom is -0.306 e. The Morgan fingerprint density at radius 2 is 2.20 bits per heavy atom. The fraction of sp³-hybridized carbons (Fsp3) is 0.417. The number of pyridine rings is 1. The zero-order valence-electron chi connectivity index (χ0n) is 10.9. The number of nitrogens with zero attached hydrogens (tertiary/aromatic N) is 2. The molecule has 1 aliphatic carbocycles. The van der Waals surface area contributed by atoms with Gasteiger partial charge in [0.05, 0.1) is 0 Å². The van der Waals surface area contributed by atoms with Crippen LogP contribution in [-0.2, 0) is 10.0 Å². The van der Waals surface area contributed by atoms with Crippen LogP contribution in [-0.4, -0.2) is 24.3 Å². The number of rotatable bonds is 5. The van der Waals surface area contributed by atoms with Crippen molar-refractivity contribution in [3.05, 3.63) is 24.4 Å². The Kier molecular flexibility index (Phi) is 3.36. The van der Waals surface area contributed by atoms with Crippen LogP contribution in [0.15, 0.2) is 29.4 Å². The molecule has 1 saturated carbocycles. The molecule has 0 aliphatic heterocycles. The number of sulfonamides is 1. The summed E-state index contributed by atoms with van der Waals surface area (Å²) in [5.74, 6) is 5.98. The second kappa shape index (κ2) is 5.04. The van der Waals surface area contributed by atoms with E-state index in [2.05, 4.69) is 15.1 Å². The molecule has 0 spiro atoms. The highest BCUT2D eigenvalue weighted by Crippen LogP contribution is 2.27. The lowest BCUT2D eigenvalue weighted by Crippen LogP contribution is -2.33. The third-order valence-electron chi connectivity index (χ3n) is 3.66. The lowest BCUT2D eigenvalue weighted by molar-refractivity contribution is 0.316. The van der Waals surface area contributed by atoms with Gasteiger partial charge >= 0.3 is 0 Å². The number of fused-ring (bicyclic) bond motifs is 1. The molecule has 0 radical (unpaired) electrons. The van der Waals surface area contributed by atoms with Gasteiger partial charge in [-0.1, -0.05) is 12.5 Å². The number of aromatic nitrogens is 2. The lowest BCUT2D eigenvalue weighted by Gasteiger charge is -2.25. The molecule has 4 N–H and O–H groups in total. The van der Waals surface area contributed by atoms with Gasteiger partial charge in [0.15, 0.2) is 10.8 Å². The van der Waals surface area contributed by atoms with E-state index in [-0.39, 0.29) is 10.8 Å². The van der Waals surface area contributed by atoms with E-state index in [1.807, 2.05) is 0 Å². The molecular formula is C12H17N5O2S. The predicted molar refractivity (Wildman–Crippen MR) is 75.5 cm³/mol. The Hall–Kier alpha value is -1.64. The number of hydrogen-bond donors (Lipinski definition) is 3. The maximum atomic E-state index is 12.5. The van der Waals surface area contributed by atoms with Crippen LogP contribution in [0.1, 0.15) is 19.3 Å². The number of nitrogens with two attached hydrogens (primary N) is 1. The van der Waals surface area contributed by atoms with Crippen LogP contribution in [0.2, 0.25) is 0 Å². The van der Waals surface area contributed by atoms with Crippen molar-refractivity contribution in [1.29, 1.82) is 0 Å². The van der Waals surface area contributed by atoms with E-state index in [1.165, 1.54) is 10.8 Å². The van der Waals surface area contributed by atoms with Crippen LogP contribution in [0.25, 0.3) is 5.65 Å². The highest BCUT2D eigenvalue weighted by atomic mass is 32.2. The van der Waals surface area contributed by atoms with E-state index in [1.54, 1.807) is 24.4 Å². The van der Waals surface area contributed by atoms with Crippen molar-refractivity contribution in [2.45, 2.75) is 24.3 Å². The Balaban J connectivity index is 1.98. The number of imidazole rings is 1. The van der Waals surface area contributed by atoms with Gasteiger partial charge in [-0.2, -0.15) is 0 Å². The highest BCUT2D eigenvalue weighted by molar-refractivity contribution is 7.89. The summed E-state index contributed by atoms with van der Waals surface area (Å²) in [7, 11) is -3.65. The largest absolute Gasteiger partial charge is 0.306 e. The minimum absolute atomic E-state index is 0.0509. The SMILES string of the molecule is NNc1nc2ccccn2c1S(=O)(=O)NCC1CCC1. The molecular weight excluding hydrogens is 278 g/mol. The van der Waals surface area contributed by atoms with Gasteiger partial charge in [0.2, 0.25) is 0 Å². The first-order chi connectivity index (χ1) is 9.62. The third-order valence-corrected chi connectivity index (χ3v) is 5.11. The van der Waals surface area contributed by atoms with Crippen molar-refractivity contribution in [2.24, 2.45) is 11.8 Å². The summed E-state index contributed by atoms with van der Waals surface area (Å²) in [5.41, 5.74) is 2.89. The Morgan fingerprint density at radius 1 is 1.40 bits per heavy atom. The number of nitrogens with one attached hydrogen (secondary N) is 2. The third kappa shape index (κ3) is 2.26. The molecule has 7 nitrogen and oxygen atoms in total. The standard InChI is InChI=1S/C12H17N5O2S/c13-16-11-12(17-7-2-1-6-10(17)15-11)20(18,19)14-8-9-4-3-5-9/h1-2,6-7,9,14,16H,3-5,8,13H2. The van der Waals surface area contributed by atoms with E-state index in [0.29, 0.717) is 18.1 Å². The molecule has 2 aromatic heterocycles. The first kappa shape index (κ1) is 13.3. The van der Waals surface area contributed by atoms with Crippen molar-refractivity contribution in [3.8, 4) is 0 Å². The molecule has 1 aliphatic rings. The quantitative estimate of drug-likeness (QED) is 0.556. The van der Waals surface area contributed by atoms with Gasteiger partial charge in [-0.25, -0.2) is 24.0 Å². The second-order valence-electron chi connectivity index (χ2n) is 4.99. The molecule has 2 aromatic rings. The van der Waals surface area contributed by atoms with Gasteiger partial charge in [0, 0.05) is 12.7 Å². The van der Waals surface area contributed by atoms with Crippen molar-refractivity contribution in [3.63, 3.8) is 0 Å². The molecule has 0 unspecified atom stereocenters. The van der Waals surface area contributed by atoms with Crippen LogP contribution in [0.5, 0.6) is 0 Å². The van der Waals surface area contributed by atoms with Gasteiger partial charge in [-0.3, -0.25) is 4.40 Å². The van der Waals surface area contributed by atoms with Crippen molar-refractivity contribution < 1.29 is 8.42 Å². The van der Waals surface area contributed by atoms with Crippen LogP contribution < -0.4 is 16.0 Å². The van der Waals surface area contributed by atoms with Crippen molar-refractivity contribution in [1.82, 2.24) is 14.1 Å². The summed E-state index contributed by atoms with van der Waals surface area (Å²) in [4.78, 5) is 4.17. The van der Waals surface area contributed by atoms with Gasteiger partial charge in [0.1, 0.15) is 5.65 Å². The number of nitrogen functional groups attached to an aromatic ring is 1. The van der Waals surface area contributed by atoms with E-state index >= 15 is 0 Å². The van der Waals surface area contributed by atoms with Gasteiger partial charge in [0.25, 0.3) is 10.0 Å². The molecule has 0 atom stereocenters. The average molecular weight is 295 g/mol. The molecule has 1 fully saturated rings. The molecule has 0 bridgehead atoms. The predicted octanol–water partition coefficient (Wildman–Crippen LogP) is 0.698. The van der Waals surface area contributed by atoms with Crippen LogP contribution in [0.3, 0.4) is 0 Å². The zero-order chi connectivity index (χ0) is 14.2. The number of hydrazine groups is 1. The fourth-order valence-electron chi connectivity index (χ4n) is 2.32. The lowest BCUT2D eigenvalue weighted by atomic mass is 9.86. The molecule has 0 aromatic carbocycles. The summed E-state index contributed by atoms with van der Waals surface area (Å²) in [5, 5.41) is 0.0509. The maximum Gasteiger partial charge on any atom is 0.260 e. The van der Waals surface area contributed by atoms with E-state index in [9.17, 15) is 8.42 Å². The first-order valence-corrected chi connectivity index (χ1v) is 8.03. The normalized spacial score (nSPS) is 16.2. The fourth-order valence-corrected chi connectivity index (χ4v) is 3.68. The maximum absolute atomic E-state index is 12.5. The van der Waals surface area contributed by atoms with Crippen LogP contribution in [0, 0.1) is 5.92 Å². The summed E-state index contributed by atoms with van der Waals surface area (Å²) < 4.78 is 29.1. The molecule has 0 saturated heterocycles. The molecule has 108 valence electrons. The monoisotopic (exact) mass is 295 g/mol. The highest BCUT2D eigenvalue weighted by Gasteiger charge is 2.27. The van der Waals surface area contributed by atoms with Crippen molar-refractivity contribution in [2.75, 3.05) is 12.0 Å². The molecule has 2 heterocycles. The topological polar surface area (TPSA) is 102 Å². The van der Waals surface area contributed by atoms with Gasteiger partial charge in [-0.05, 0) is 30.9 Å². The van der Waals surface area contributed by atoms with Gasteiger partial charge in [-0.15, -0.1) is 0 Å². The number of anilines is 1. The Bertz CT molecular complexity index is 721. The molecule has 20 heavy (non-hydrogen) atoms. The minimum atomic E-state index is -3.65. The Labute approximate surface area is 117 Å². The average Bonchev–Trinajstić information content (AvgIpc) is 2.75. The van der Waals surface area contributed by atoms with Crippen molar-refractivity contribution >= 4 is 21.5 Å². The zero-order valence-corrected chi connectivity index (χ0v) is 11.7. The summed E-state index contributed by atoms with van der Waals surface area (Å²) in [6.45, 7) is 0.465. The summed E-state index contributed by atoms with van der Waals surface area (Å²) >= 11 is 0. The van der Waals surface area contributed by atoms with Gasteiger partial charge < -0.3 is 5.43 Å². The second-order valence-corrected chi connectivity index (χ2v) is 6.67. The number of hydrogen-bond acceptors (Lipinski definition) is 5. The van der Waals surface area contributed by atoms with Crippen LogP contribution in [0.4, 0.5) is 5.82 Å². The van der Waals surface area contributed by atoms with E-state index in [0.717, 1.165) is 12.8 Å². The molecule has 0 amide bonds. The first-order valence-electron chi connectivity index (χ1n) is 6.55. The summed E-state index contributed by atoms with van der Waals surface area (Å²) in [6.07, 6.45) is 4.99. The molecule has 8 heteroatoms. The Morgan fingerprint density at radius 3 is 2.85 bits per heavy atom. The summed E-state index contributed by atoms with van der Waals surface area (Å²) in [6, 6.07) is 5.27. The smallest absolute Gasteiger partial charge is 0.260 e. The van der Waals surface area contributed by atoms with Crippen LogP contribution >= 0.6 is 0 Å². The van der Waals surface area contributed by atoms with E-state index in [4.69, 9.17) is 5.84 Å².